The molecule has 2 aliphatic heterocycles. The van der Waals surface area contributed by atoms with Crippen molar-refractivity contribution in [1.29, 1.82) is 0 Å². The molecule has 0 atom stereocenters. The second-order valence-electron chi connectivity index (χ2n) is 8.53. The largest absolute Gasteiger partial charge is 0.395 e. The monoisotopic (exact) mass is 439 g/mol. The highest BCUT2D eigenvalue weighted by Gasteiger charge is 2.24. The zero-order valence-corrected chi connectivity index (χ0v) is 19.0. The molecular formula is C23H33N7O2. The normalized spacial score (nSPS) is 17.5. The standard InChI is InChI=1S/C23H33N7O2/c1-26(2)20-5-3-4-19(18-20)23(32)30-14-12-29(13-15-30)22-7-6-21(24-25-22)28-10-8-27(9-11-28)16-17-31/h3-7,18,31H,8-17H2,1-2H3. The lowest BCUT2D eigenvalue weighted by Gasteiger charge is -2.36. The van der Waals surface area contributed by atoms with Crippen LogP contribution in [0, 0.1) is 0 Å². The Kier molecular flexibility index (Phi) is 7.06. The van der Waals surface area contributed by atoms with Crippen molar-refractivity contribution in [3.8, 4) is 0 Å². The quantitative estimate of drug-likeness (QED) is 0.702. The Morgan fingerprint density at radius 1 is 0.906 bits per heavy atom. The van der Waals surface area contributed by atoms with Gasteiger partial charge in [0.25, 0.3) is 5.91 Å². The van der Waals surface area contributed by atoms with E-state index in [1.807, 2.05) is 60.3 Å². The van der Waals surface area contributed by atoms with Crippen molar-refractivity contribution in [2.24, 2.45) is 0 Å². The highest BCUT2D eigenvalue weighted by molar-refractivity contribution is 5.95. The molecule has 3 heterocycles. The average Bonchev–Trinajstić information content (AvgIpc) is 2.84. The van der Waals surface area contributed by atoms with Crippen LogP contribution in [0.15, 0.2) is 36.4 Å². The first-order valence-electron chi connectivity index (χ1n) is 11.3. The van der Waals surface area contributed by atoms with E-state index in [1.54, 1.807) is 0 Å². The lowest BCUT2D eigenvalue weighted by Crippen LogP contribution is -2.49. The number of aliphatic hydroxyl groups excluding tert-OH is 1. The second kappa shape index (κ2) is 10.1. The van der Waals surface area contributed by atoms with E-state index in [0.29, 0.717) is 13.1 Å². The molecule has 1 aromatic heterocycles. The molecule has 9 heteroatoms. The summed E-state index contributed by atoms with van der Waals surface area (Å²) in [5.74, 6) is 1.83. The first-order chi connectivity index (χ1) is 15.5. The third kappa shape index (κ3) is 5.11. The van der Waals surface area contributed by atoms with Crippen LogP contribution in [-0.2, 0) is 0 Å². The molecule has 9 nitrogen and oxygen atoms in total. The molecular weight excluding hydrogens is 406 g/mol. The molecule has 0 radical (unpaired) electrons. The van der Waals surface area contributed by atoms with Gasteiger partial charge in [0.2, 0.25) is 0 Å². The summed E-state index contributed by atoms with van der Waals surface area (Å²) in [6.45, 7) is 7.40. The molecule has 1 aromatic carbocycles. The number of aromatic nitrogens is 2. The summed E-state index contributed by atoms with van der Waals surface area (Å²) in [4.78, 5) is 23.6. The minimum absolute atomic E-state index is 0.0788. The van der Waals surface area contributed by atoms with Crippen LogP contribution in [0.2, 0.25) is 0 Å². The molecule has 0 spiro atoms. The van der Waals surface area contributed by atoms with Gasteiger partial charge in [-0.15, -0.1) is 10.2 Å². The van der Waals surface area contributed by atoms with E-state index < -0.39 is 0 Å². The smallest absolute Gasteiger partial charge is 0.254 e. The van der Waals surface area contributed by atoms with Crippen LogP contribution in [0.1, 0.15) is 10.4 Å². The number of anilines is 3. The molecule has 2 aliphatic rings. The van der Waals surface area contributed by atoms with Crippen LogP contribution in [-0.4, -0.2) is 111 Å². The number of β-amino-alcohol motifs (C(OH)–C–C–N with tert-alkyl or cyclic N) is 1. The fraction of sp³-hybridized carbons (Fsp3) is 0.522. The number of aliphatic hydroxyl groups is 1. The minimum atomic E-state index is 0.0788. The van der Waals surface area contributed by atoms with Gasteiger partial charge in [-0.3, -0.25) is 9.69 Å². The molecule has 0 bridgehead atoms. The molecule has 2 fully saturated rings. The third-order valence-corrected chi connectivity index (χ3v) is 6.25. The number of hydrogen-bond donors (Lipinski definition) is 1. The summed E-state index contributed by atoms with van der Waals surface area (Å²) in [7, 11) is 3.96. The summed E-state index contributed by atoms with van der Waals surface area (Å²) in [5, 5.41) is 18.0. The Labute approximate surface area is 189 Å². The van der Waals surface area contributed by atoms with Crippen LogP contribution in [0.25, 0.3) is 0 Å². The van der Waals surface area contributed by atoms with Gasteiger partial charge >= 0.3 is 0 Å². The number of hydrogen-bond acceptors (Lipinski definition) is 8. The molecule has 0 unspecified atom stereocenters. The maximum atomic E-state index is 12.9. The van der Waals surface area contributed by atoms with Crippen LogP contribution in [0.3, 0.4) is 0 Å². The van der Waals surface area contributed by atoms with Gasteiger partial charge in [0.05, 0.1) is 6.61 Å². The Hall–Kier alpha value is -2.91. The van der Waals surface area contributed by atoms with E-state index in [4.69, 9.17) is 5.11 Å². The maximum absolute atomic E-state index is 12.9. The topological polar surface area (TPSA) is 79.3 Å². The van der Waals surface area contributed by atoms with Crippen LogP contribution in [0.4, 0.5) is 17.3 Å². The lowest BCUT2D eigenvalue weighted by atomic mass is 10.1. The van der Waals surface area contributed by atoms with Crippen molar-refractivity contribution in [2.75, 3.05) is 94.3 Å². The summed E-state index contributed by atoms with van der Waals surface area (Å²) in [5.41, 5.74) is 1.76. The maximum Gasteiger partial charge on any atom is 0.254 e. The van der Waals surface area contributed by atoms with Crippen molar-refractivity contribution >= 4 is 23.2 Å². The van der Waals surface area contributed by atoms with Crippen LogP contribution < -0.4 is 14.7 Å². The van der Waals surface area contributed by atoms with Gasteiger partial charge in [-0.25, -0.2) is 0 Å². The number of piperazine rings is 2. The van der Waals surface area contributed by atoms with Gasteiger partial charge in [-0.2, -0.15) is 0 Å². The van der Waals surface area contributed by atoms with E-state index in [2.05, 4.69) is 24.9 Å². The van der Waals surface area contributed by atoms with Gasteiger partial charge in [0, 0.05) is 84.2 Å². The van der Waals surface area contributed by atoms with Gasteiger partial charge in [-0.05, 0) is 30.3 Å². The zero-order valence-electron chi connectivity index (χ0n) is 19.0. The van der Waals surface area contributed by atoms with E-state index in [0.717, 1.165) is 68.7 Å². The van der Waals surface area contributed by atoms with Crippen LogP contribution in [0.5, 0.6) is 0 Å². The Bertz CT molecular complexity index is 889. The van der Waals surface area contributed by atoms with Gasteiger partial charge < -0.3 is 24.7 Å². The molecule has 172 valence electrons. The number of carbonyl (C=O) groups is 1. The van der Waals surface area contributed by atoms with Crippen molar-refractivity contribution in [3.05, 3.63) is 42.0 Å². The van der Waals surface area contributed by atoms with Crippen LogP contribution >= 0.6 is 0 Å². The zero-order chi connectivity index (χ0) is 22.5. The highest BCUT2D eigenvalue weighted by Crippen LogP contribution is 2.20. The van der Waals surface area contributed by atoms with Crippen molar-refractivity contribution in [1.82, 2.24) is 20.0 Å². The van der Waals surface area contributed by atoms with Gasteiger partial charge in [0.15, 0.2) is 11.6 Å². The van der Waals surface area contributed by atoms with Crippen molar-refractivity contribution in [2.45, 2.75) is 0 Å². The van der Waals surface area contributed by atoms with E-state index in [9.17, 15) is 4.79 Å². The highest BCUT2D eigenvalue weighted by atomic mass is 16.3. The van der Waals surface area contributed by atoms with Crippen molar-refractivity contribution in [3.63, 3.8) is 0 Å². The Balaban J connectivity index is 1.31. The predicted octanol–water partition coefficient (Wildman–Crippen LogP) is 0.619. The molecule has 4 rings (SSSR count). The lowest BCUT2D eigenvalue weighted by molar-refractivity contribution is 0.0746. The Morgan fingerprint density at radius 2 is 1.50 bits per heavy atom. The molecule has 1 amide bonds. The SMILES string of the molecule is CN(C)c1cccc(C(=O)N2CCN(c3ccc(N4CCN(CCO)CC4)nn3)CC2)c1. The number of rotatable bonds is 6. The molecule has 0 saturated carbocycles. The predicted molar refractivity (Wildman–Crippen MR) is 127 cm³/mol. The van der Waals surface area contributed by atoms with Gasteiger partial charge in [-0.1, -0.05) is 6.07 Å². The third-order valence-electron chi connectivity index (χ3n) is 6.25. The van der Waals surface area contributed by atoms with E-state index >= 15 is 0 Å². The van der Waals surface area contributed by atoms with Crippen molar-refractivity contribution < 1.29 is 9.90 Å². The minimum Gasteiger partial charge on any atom is -0.395 e. The molecule has 0 aliphatic carbocycles. The number of benzene rings is 1. The molecule has 2 aromatic rings. The summed E-state index contributed by atoms with van der Waals surface area (Å²) in [6, 6.07) is 11.8. The first-order valence-corrected chi connectivity index (χ1v) is 11.3. The summed E-state index contributed by atoms with van der Waals surface area (Å²) < 4.78 is 0. The summed E-state index contributed by atoms with van der Waals surface area (Å²) >= 11 is 0. The fourth-order valence-electron chi connectivity index (χ4n) is 4.24. The van der Waals surface area contributed by atoms with E-state index in [-0.39, 0.29) is 12.5 Å². The first kappa shape index (κ1) is 22.3. The molecule has 2 saturated heterocycles. The second-order valence-corrected chi connectivity index (χ2v) is 8.53. The van der Waals surface area contributed by atoms with Gasteiger partial charge in [0.1, 0.15) is 0 Å². The molecule has 1 N–H and O–H groups in total. The van der Waals surface area contributed by atoms with E-state index in [1.165, 1.54) is 0 Å². The number of amides is 1. The fourth-order valence-corrected chi connectivity index (χ4v) is 4.24. The number of nitrogens with zero attached hydrogens (tertiary/aromatic N) is 7. The summed E-state index contributed by atoms with van der Waals surface area (Å²) in [6.07, 6.45) is 0. The number of carbonyl (C=O) groups excluding carboxylic acids is 1. The Morgan fingerprint density at radius 3 is 2.03 bits per heavy atom. The average molecular weight is 440 g/mol. The molecule has 32 heavy (non-hydrogen) atoms.